The zero-order valence-corrected chi connectivity index (χ0v) is 14.5. The number of nitro benzene ring substituents is 1. The topological polar surface area (TPSA) is 154 Å². The van der Waals surface area contributed by atoms with Gasteiger partial charge in [-0.15, -0.1) is 0 Å². The van der Waals surface area contributed by atoms with Crippen molar-refractivity contribution < 1.29 is 9.34 Å². The molecular weight excluding hydrogens is 346 g/mol. The number of nitrogens with two attached hydrogens (primary N) is 1. The number of allylic oxidation sites excluding steroid dienone is 2. The molecule has 27 heavy (non-hydrogen) atoms. The van der Waals surface area contributed by atoms with E-state index >= 15 is 0 Å². The second-order valence-corrected chi connectivity index (χ2v) is 5.59. The van der Waals surface area contributed by atoms with Crippen molar-refractivity contribution in [1.29, 1.82) is 15.8 Å². The van der Waals surface area contributed by atoms with Crippen LogP contribution in [0.4, 0.5) is 5.69 Å². The molecule has 1 aromatic carbocycles. The van der Waals surface area contributed by atoms with Crippen LogP contribution in [0, 0.1) is 58.0 Å². The highest BCUT2D eigenvalue weighted by molar-refractivity contribution is 5.73. The summed E-state index contributed by atoms with van der Waals surface area (Å²) in [6, 6.07) is 11.2. The summed E-state index contributed by atoms with van der Waals surface area (Å²) in [6.45, 7) is 3.61. The number of hydrogen-bond acceptors (Lipinski definition) is 7. The molecule has 0 bridgehead atoms. The van der Waals surface area contributed by atoms with Crippen LogP contribution in [0.1, 0.15) is 16.9 Å². The lowest BCUT2D eigenvalue weighted by atomic mass is 10.0. The van der Waals surface area contributed by atoms with E-state index in [-0.39, 0.29) is 34.1 Å². The molecule has 0 saturated heterocycles. The fourth-order valence-electron chi connectivity index (χ4n) is 2.32. The highest BCUT2D eigenvalue weighted by Gasteiger charge is 2.20. The normalized spacial score (nSPS) is 10.4. The van der Waals surface area contributed by atoms with Crippen molar-refractivity contribution >= 4 is 11.8 Å². The molecule has 0 amide bonds. The molecule has 2 rings (SSSR count). The van der Waals surface area contributed by atoms with E-state index in [1.165, 1.54) is 24.3 Å². The Hall–Kier alpha value is -4.35. The van der Waals surface area contributed by atoms with E-state index in [9.17, 15) is 15.4 Å². The summed E-state index contributed by atoms with van der Waals surface area (Å²) in [4.78, 5) is 10.9. The molecule has 8 heteroatoms. The van der Waals surface area contributed by atoms with Crippen molar-refractivity contribution in [2.45, 2.75) is 13.8 Å². The van der Waals surface area contributed by atoms with Crippen LogP contribution in [0.15, 0.2) is 45.5 Å². The first kappa shape index (κ1) is 19.0. The fourth-order valence-corrected chi connectivity index (χ4v) is 2.32. The minimum absolute atomic E-state index is 0.0980. The summed E-state index contributed by atoms with van der Waals surface area (Å²) in [5, 5.41) is 38.3. The number of benzene rings is 1. The van der Waals surface area contributed by atoms with E-state index in [4.69, 9.17) is 20.7 Å². The number of nitro groups is 1. The van der Waals surface area contributed by atoms with E-state index in [2.05, 4.69) is 0 Å². The Kier molecular flexibility index (Phi) is 5.41. The first-order chi connectivity index (χ1) is 12.8. The van der Waals surface area contributed by atoms with Gasteiger partial charge >= 0.3 is 0 Å². The second kappa shape index (κ2) is 7.69. The van der Waals surface area contributed by atoms with Crippen LogP contribution >= 0.6 is 0 Å². The van der Waals surface area contributed by atoms with Gasteiger partial charge in [0.1, 0.15) is 29.7 Å². The number of furan rings is 1. The van der Waals surface area contributed by atoms with Crippen molar-refractivity contribution in [3.05, 3.63) is 68.1 Å². The molecule has 0 saturated carbocycles. The van der Waals surface area contributed by atoms with E-state index in [0.717, 1.165) is 11.1 Å². The van der Waals surface area contributed by atoms with Gasteiger partial charge in [0, 0.05) is 12.1 Å². The second-order valence-electron chi connectivity index (χ2n) is 5.59. The number of rotatable bonds is 4. The van der Waals surface area contributed by atoms with E-state index in [1.54, 1.807) is 31.2 Å². The van der Waals surface area contributed by atoms with Gasteiger partial charge in [-0.2, -0.15) is 15.8 Å². The van der Waals surface area contributed by atoms with Gasteiger partial charge in [-0.3, -0.25) is 10.1 Å². The Morgan fingerprint density at radius 3 is 2.33 bits per heavy atom. The number of nitrogens with zero attached hydrogens (tertiary/aromatic N) is 4. The SMILES string of the molecule is Cc1cc(-c2ccc(/C=C(\C#N)C(N)=C(C#N)C#N)o2)c([N+](=O)[O-])cc1C. The third kappa shape index (κ3) is 3.84. The molecule has 0 aliphatic heterocycles. The monoisotopic (exact) mass is 359 g/mol. The summed E-state index contributed by atoms with van der Waals surface area (Å²) >= 11 is 0. The fraction of sp³-hybridized carbons (Fsp3) is 0.105. The zero-order valence-electron chi connectivity index (χ0n) is 14.5. The molecule has 0 aliphatic carbocycles. The lowest BCUT2D eigenvalue weighted by Crippen LogP contribution is -2.03. The van der Waals surface area contributed by atoms with Gasteiger partial charge < -0.3 is 10.2 Å². The molecular formula is C19H13N5O3. The van der Waals surface area contributed by atoms with Gasteiger partial charge in [0.2, 0.25) is 0 Å². The molecule has 1 heterocycles. The van der Waals surface area contributed by atoms with Crippen molar-refractivity contribution in [2.75, 3.05) is 0 Å². The lowest BCUT2D eigenvalue weighted by molar-refractivity contribution is -0.384. The van der Waals surface area contributed by atoms with Crippen LogP contribution in [0.2, 0.25) is 0 Å². The molecule has 1 aromatic heterocycles. The van der Waals surface area contributed by atoms with Gasteiger partial charge in [0.25, 0.3) is 5.69 Å². The zero-order chi connectivity index (χ0) is 20.1. The van der Waals surface area contributed by atoms with Crippen molar-refractivity contribution in [1.82, 2.24) is 0 Å². The van der Waals surface area contributed by atoms with Crippen LogP contribution in [-0.4, -0.2) is 4.92 Å². The molecule has 0 fully saturated rings. The van der Waals surface area contributed by atoms with Gasteiger partial charge in [0.15, 0.2) is 5.57 Å². The lowest BCUT2D eigenvalue weighted by Gasteiger charge is -2.05. The van der Waals surface area contributed by atoms with Crippen LogP contribution in [-0.2, 0) is 0 Å². The summed E-state index contributed by atoms with van der Waals surface area (Å²) < 4.78 is 5.61. The predicted octanol–water partition coefficient (Wildman–Crippen LogP) is 3.64. The van der Waals surface area contributed by atoms with Crippen LogP contribution < -0.4 is 5.73 Å². The molecule has 2 N–H and O–H groups in total. The Balaban J connectivity index is 2.56. The summed E-state index contributed by atoms with van der Waals surface area (Å²) in [6.07, 6.45) is 1.26. The average molecular weight is 359 g/mol. The number of nitriles is 3. The highest BCUT2D eigenvalue weighted by atomic mass is 16.6. The first-order valence-corrected chi connectivity index (χ1v) is 7.60. The number of aryl methyl sites for hydroxylation is 2. The van der Waals surface area contributed by atoms with Crippen LogP contribution in [0.5, 0.6) is 0 Å². The maximum Gasteiger partial charge on any atom is 0.280 e. The minimum atomic E-state index is -0.493. The summed E-state index contributed by atoms with van der Waals surface area (Å²) in [5.74, 6) is 0.448. The van der Waals surface area contributed by atoms with Crippen molar-refractivity contribution in [3.63, 3.8) is 0 Å². The van der Waals surface area contributed by atoms with Crippen molar-refractivity contribution in [3.8, 4) is 29.5 Å². The van der Waals surface area contributed by atoms with Crippen molar-refractivity contribution in [2.24, 2.45) is 5.73 Å². The molecule has 0 atom stereocenters. The largest absolute Gasteiger partial charge is 0.456 e. The van der Waals surface area contributed by atoms with Gasteiger partial charge in [-0.1, -0.05) is 0 Å². The molecule has 0 radical (unpaired) electrons. The van der Waals surface area contributed by atoms with Gasteiger partial charge in [-0.05, 0) is 43.2 Å². The van der Waals surface area contributed by atoms with Crippen LogP contribution in [0.25, 0.3) is 17.4 Å². The van der Waals surface area contributed by atoms with Gasteiger partial charge in [0.05, 0.1) is 21.8 Å². The average Bonchev–Trinajstić information content (AvgIpc) is 3.10. The summed E-state index contributed by atoms with van der Waals surface area (Å²) in [5.41, 5.74) is 6.75. The van der Waals surface area contributed by atoms with E-state index in [0.29, 0.717) is 5.56 Å². The van der Waals surface area contributed by atoms with Crippen LogP contribution in [0.3, 0.4) is 0 Å². The molecule has 0 spiro atoms. The Morgan fingerprint density at radius 2 is 1.78 bits per heavy atom. The quantitative estimate of drug-likeness (QED) is 0.378. The minimum Gasteiger partial charge on any atom is -0.456 e. The standard InChI is InChI=1S/C19H13N5O3/c1-11-5-16(17(24(25)26)6-12(11)2)18-4-3-15(27-18)7-13(8-20)19(23)14(9-21)10-22/h3-7H,23H2,1-2H3/b13-7+. The molecule has 0 unspecified atom stereocenters. The van der Waals surface area contributed by atoms with Gasteiger partial charge in [-0.25, -0.2) is 0 Å². The summed E-state index contributed by atoms with van der Waals surface area (Å²) in [7, 11) is 0. The van der Waals surface area contributed by atoms with E-state index in [1.807, 2.05) is 6.92 Å². The molecule has 8 nitrogen and oxygen atoms in total. The Bertz CT molecular complexity index is 1100. The Labute approximate surface area is 154 Å². The predicted molar refractivity (Wildman–Crippen MR) is 96.3 cm³/mol. The van der Waals surface area contributed by atoms with E-state index < -0.39 is 4.92 Å². The molecule has 132 valence electrons. The highest BCUT2D eigenvalue weighted by Crippen LogP contribution is 2.34. The third-order valence-electron chi connectivity index (χ3n) is 3.89. The maximum atomic E-state index is 11.3. The third-order valence-corrected chi connectivity index (χ3v) is 3.89. The Morgan fingerprint density at radius 1 is 1.15 bits per heavy atom. The maximum absolute atomic E-state index is 11.3. The molecule has 0 aliphatic rings. The molecule has 2 aromatic rings. The number of hydrogen-bond donors (Lipinski definition) is 1. The first-order valence-electron chi connectivity index (χ1n) is 7.60. The smallest absolute Gasteiger partial charge is 0.280 e.